The number of carboxylic acid groups (broad SMARTS) is 1. The number of benzene rings is 1. The van der Waals surface area contributed by atoms with Crippen LogP contribution in [0.3, 0.4) is 0 Å². The molecule has 30 heavy (non-hydrogen) atoms. The summed E-state index contributed by atoms with van der Waals surface area (Å²) in [6.07, 6.45) is 2.54. The van der Waals surface area contributed by atoms with Crippen LogP contribution in [0.25, 0.3) is 0 Å². The molecule has 0 radical (unpaired) electrons. The van der Waals surface area contributed by atoms with Crippen LogP contribution in [0.2, 0.25) is 0 Å². The molecule has 0 fully saturated rings. The highest BCUT2D eigenvalue weighted by Gasteiger charge is 2.26. The zero-order valence-electron chi connectivity index (χ0n) is 19.5. The van der Waals surface area contributed by atoms with Crippen molar-refractivity contribution in [3.8, 4) is 5.75 Å². The van der Waals surface area contributed by atoms with Gasteiger partial charge < -0.3 is 20.7 Å². The Morgan fingerprint density at radius 3 is 2.37 bits per heavy atom. The van der Waals surface area contributed by atoms with E-state index in [0.29, 0.717) is 18.9 Å². The lowest BCUT2D eigenvalue weighted by Gasteiger charge is -2.28. The molecular weight excluding hydrogens is 378 g/mol. The number of aliphatic hydroxyl groups excluding tert-OH is 1. The number of aliphatic carboxylic acids is 1. The molecule has 0 aliphatic rings. The molecule has 0 heterocycles. The number of hydrogen-bond donors (Lipinski definition) is 3. The average molecular weight is 420 g/mol. The summed E-state index contributed by atoms with van der Waals surface area (Å²) in [6, 6.07) is 5.93. The van der Waals surface area contributed by atoms with Gasteiger partial charge in [0.15, 0.2) is 0 Å². The maximum atomic E-state index is 11.1. The predicted octanol–water partition coefficient (Wildman–Crippen LogP) is 4.55. The monoisotopic (exact) mass is 419 g/mol. The minimum Gasteiger partial charge on any atom is -0.489 e. The van der Waals surface area contributed by atoms with E-state index in [1.165, 1.54) is 5.56 Å². The van der Waals surface area contributed by atoms with Gasteiger partial charge >= 0.3 is 5.97 Å². The van der Waals surface area contributed by atoms with Crippen LogP contribution in [-0.4, -0.2) is 34.9 Å². The van der Waals surface area contributed by atoms with Crippen LogP contribution in [0.1, 0.15) is 65.5 Å². The average Bonchev–Trinajstić information content (AvgIpc) is 2.64. The quantitative estimate of drug-likeness (QED) is 0.432. The lowest BCUT2D eigenvalue weighted by molar-refractivity contribution is -0.142. The first-order valence-corrected chi connectivity index (χ1v) is 10.9. The normalized spacial score (nSPS) is 16.0. The second-order valence-electron chi connectivity index (χ2n) is 9.83. The second kappa shape index (κ2) is 11.5. The number of nitrogens with two attached hydrogens (primary N) is 1. The van der Waals surface area contributed by atoms with Crippen molar-refractivity contribution in [2.24, 2.45) is 23.5 Å². The van der Waals surface area contributed by atoms with E-state index in [4.69, 9.17) is 15.6 Å². The maximum Gasteiger partial charge on any atom is 0.306 e. The van der Waals surface area contributed by atoms with E-state index in [2.05, 4.69) is 59.4 Å². The van der Waals surface area contributed by atoms with Gasteiger partial charge in [0.1, 0.15) is 12.4 Å². The molecule has 0 aromatic heterocycles. The van der Waals surface area contributed by atoms with E-state index in [0.717, 1.165) is 17.7 Å². The highest BCUT2D eigenvalue weighted by atomic mass is 16.5. The van der Waals surface area contributed by atoms with Crippen molar-refractivity contribution < 1.29 is 19.7 Å². The molecule has 0 unspecified atom stereocenters. The van der Waals surface area contributed by atoms with Crippen LogP contribution < -0.4 is 10.5 Å². The molecule has 5 nitrogen and oxygen atoms in total. The summed E-state index contributed by atoms with van der Waals surface area (Å²) in [7, 11) is 0. The number of carbonyl (C=O) groups is 1. The Kier molecular flexibility index (Phi) is 10.1. The molecule has 1 rings (SSSR count). The summed E-state index contributed by atoms with van der Waals surface area (Å²) in [6.45, 7) is 16.6. The molecule has 5 heteroatoms. The highest BCUT2D eigenvalue weighted by Crippen LogP contribution is 2.34. The number of aliphatic hydroxyl groups is 1. The summed E-state index contributed by atoms with van der Waals surface area (Å²) >= 11 is 0. The molecule has 0 saturated carbocycles. The summed E-state index contributed by atoms with van der Waals surface area (Å²) in [5.74, 6) is -0.00441. The van der Waals surface area contributed by atoms with Gasteiger partial charge in [0.2, 0.25) is 0 Å². The first-order valence-electron chi connectivity index (χ1n) is 10.9. The first kappa shape index (κ1) is 26.2. The van der Waals surface area contributed by atoms with Crippen LogP contribution >= 0.6 is 0 Å². The smallest absolute Gasteiger partial charge is 0.306 e. The van der Waals surface area contributed by atoms with E-state index in [9.17, 15) is 9.90 Å². The van der Waals surface area contributed by atoms with Crippen LogP contribution in [-0.2, 0) is 16.6 Å². The van der Waals surface area contributed by atoms with Crippen molar-refractivity contribution in [2.75, 3.05) is 6.61 Å². The van der Waals surface area contributed by atoms with E-state index in [-0.39, 0.29) is 17.8 Å². The standard InChI is InChI=1S/C25H41NO4/c1-8-11-30-23-14-18(9-10-20(23)25(5,6)7)13-19(16(2)3)15-21(26)22(27)12-17(4)24(28)29/h8-10,14,16-17,19,21-22,27H,1,11-13,15,26H2,2-7H3,(H,28,29)/t17-,19+,21+,22+/m1/s1. The van der Waals surface area contributed by atoms with Gasteiger partial charge in [0, 0.05) is 6.04 Å². The summed E-state index contributed by atoms with van der Waals surface area (Å²) in [4.78, 5) is 11.1. The van der Waals surface area contributed by atoms with Crippen molar-refractivity contribution in [3.63, 3.8) is 0 Å². The fraction of sp³-hybridized carbons (Fsp3) is 0.640. The van der Waals surface area contributed by atoms with Crippen molar-refractivity contribution in [1.29, 1.82) is 0 Å². The Labute approximate surface area is 182 Å². The summed E-state index contributed by atoms with van der Waals surface area (Å²) in [5, 5.41) is 19.5. The van der Waals surface area contributed by atoms with Crippen LogP contribution in [0.15, 0.2) is 30.9 Å². The fourth-order valence-corrected chi connectivity index (χ4v) is 3.62. The summed E-state index contributed by atoms with van der Waals surface area (Å²) in [5.41, 5.74) is 8.55. The predicted molar refractivity (Wildman–Crippen MR) is 123 cm³/mol. The SMILES string of the molecule is C=CCOc1cc(C[C@@H](C[C@H](N)[C@@H](O)C[C@@H](C)C(=O)O)C(C)C)ccc1C(C)(C)C. The zero-order valence-corrected chi connectivity index (χ0v) is 19.5. The molecule has 0 aliphatic carbocycles. The Morgan fingerprint density at radius 1 is 1.23 bits per heavy atom. The Morgan fingerprint density at radius 2 is 1.87 bits per heavy atom. The zero-order chi connectivity index (χ0) is 23.1. The number of carboxylic acids is 1. The van der Waals surface area contributed by atoms with Crippen molar-refractivity contribution in [1.82, 2.24) is 0 Å². The van der Waals surface area contributed by atoms with E-state index >= 15 is 0 Å². The third kappa shape index (κ3) is 8.11. The Bertz CT molecular complexity index is 693. The molecule has 1 aromatic carbocycles. The van der Waals surface area contributed by atoms with Crippen LogP contribution in [0, 0.1) is 17.8 Å². The lowest BCUT2D eigenvalue weighted by atomic mass is 9.81. The van der Waals surface area contributed by atoms with Gasteiger partial charge in [-0.25, -0.2) is 0 Å². The lowest BCUT2D eigenvalue weighted by Crippen LogP contribution is -2.39. The minimum atomic E-state index is -0.910. The molecule has 0 aliphatic heterocycles. The van der Waals surface area contributed by atoms with Crippen molar-refractivity contribution in [3.05, 3.63) is 42.0 Å². The molecule has 4 atom stereocenters. The van der Waals surface area contributed by atoms with E-state index in [1.807, 2.05) is 0 Å². The van der Waals surface area contributed by atoms with Gasteiger partial charge in [-0.15, -0.1) is 0 Å². The van der Waals surface area contributed by atoms with Crippen molar-refractivity contribution in [2.45, 2.75) is 78.4 Å². The summed E-state index contributed by atoms with van der Waals surface area (Å²) < 4.78 is 5.94. The molecule has 1 aromatic rings. The molecule has 0 spiro atoms. The molecule has 0 saturated heterocycles. The van der Waals surface area contributed by atoms with Gasteiger partial charge in [0.25, 0.3) is 0 Å². The van der Waals surface area contributed by atoms with E-state index < -0.39 is 24.0 Å². The van der Waals surface area contributed by atoms with Gasteiger partial charge in [0.05, 0.1) is 12.0 Å². The van der Waals surface area contributed by atoms with Gasteiger partial charge in [-0.05, 0) is 53.7 Å². The minimum absolute atomic E-state index is 0.0280. The largest absolute Gasteiger partial charge is 0.489 e. The van der Waals surface area contributed by atoms with E-state index in [1.54, 1.807) is 13.0 Å². The highest BCUT2D eigenvalue weighted by molar-refractivity contribution is 5.69. The third-order valence-corrected chi connectivity index (χ3v) is 5.74. The second-order valence-corrected chi connectivity index (χ2v) is 9.83. The number of hydrogen-bond acceptors (Lipinski definition) is 4. The van der Waals surface area contributed by atoms with Gasteiger partial charge in [-0.2, -0.15) is 0 Å². The maximum absolute atomic E-state index is 11.1. The number of rotatable bonds is 12. The Balaban J connectivity index is 2.97. The topological polar surface area (TPSA) is 92.8 Å². The molecule has 170 valence electrons. The van der Waals surface area contributed by atoms with Crippen LogP contribution in [0.5, 0.6) is 5.75 Å². The molecular formula is C25H41NO4. The van der Waals surface area contributed by atoms with Gasteiger partial charge in [-0.3, -0.25) is 4.79 Å². The Hall–Kier alpha value is -1.85. The fourth-order valence-electron chi connectivity index (χ4n) is 3.62. The van der Waals surface area contributed by atoms with Crippen LogP contribution in [0.4, 0.5) is 0 Å². The van der Waals surface area contributed by atoms with Gasteiger partial charge in [-0.1, -0.05) is 66.3 Å². The third-order valence-electron chi connectivity index (χ3n) is 5.74. The molecule has 4 N–H and O–H groups in total. The molecule has 0 amide bonds. The molecule has 0 bridgehead atoms. The first-order chi connectivity index (χ1) is 13.9. The van der Waals surface area contributed by atoms with Crippen molar-refractivity contribution >= 4 is 5.97 Å². The number of ether oxygens (including phenoxy) is 1.